The molecule has 0 atom stereocenters. The molecular weight excluding hydrogens is 499 g/mol. The molecule has 1 fully saturated rings. The molecule has 2 heterocycles. The Labute approximate surface area is 220 Å². The number of nitrogens with one attached hydrogen (secondary N) is 1. The fourth-order valence-corrected chi connectivity index (χ4v) is 5.55. The van der Waals surface area contributed by atoms with Crippen LogP contribution in [0.5, 0.6) is 5.75 Å². The van der Waals surface area contributed by atoms with Crippen LogP contribution in [-0.4, -0.2) is 38.2 Å². The molecule has 0 aliphatic carbocycles. The highest BCUT2D eigenvalue weighted by molar-refractivity contribution is 5.81. The first-order valence-electron chi connectivity index (χ1n) is 12.5. The van der Waals surface area contributed by atoms with Crippen LogP contribution in [0.3, 0.4) is 0 Å². The zero-order valence-corrected chi connectivity index (χ0v) is 22.4. The van der Waals surface area contributed by atoms with E-state index in [-0.39, 0.29) is 29.4 Å². The van der Waals surface area contributed by atoms with Crippen molar-refractivity contribution in [2.45, 2.75) is 89.8 Å². The topological polar surface area (TPSA) is 85.6 Å². The number of carboxylic acids is 1. The van der Waals surface area contributed by atoms with Crippen LogP contribution in [0.2, 0.25) is 0 Å². The minimum absolute atomic E-state index is 0.0203. The van der Waals surface area contributed by atoms with Crippen LogP contribution >= 0.6 is 0 Å². The molecule has 38 heavy (non-hydrogen) atoms. The number of anilines is 2. The summed E-state index contributed by atoms with van der Waals surface area (Å²) < 4.78 is 50.2. The molecule has 0 unspecified atom stereocenters. The summed E-state index contributed by atoms with van der Waals surface area (Å²) in [5.74, 6) is -0.654. The molecule has 206 valence electrons. The quantitative estimate of drug-likeness (QED) is 0.331. The Balaban J connectivity index is 1.78. The zero-order valence-electron chi connectivity index (χ0n) is 22.4. The third-order valence-corrected chi connectivity index (χ3v) is 6.78. The second-order valence-corrected chi connectivity index (χ2v) is 11.8. The first kappa shape index (κ1) is 27.8. The molecule has 2 N–H and O–H groups in total. The van der Waals surface area contributed by atoms with Gasteiger partial charge in [0.25, 0.3) is 0 Å². The van der Waals surface area contributed by atoms with Gasteiger partial charge < -0.3 is 24.5 Å². The van der Waals surface area contributed by atoms with Gasteiger partial charge in [0.15, 0.2) is 0 Å². The number of aliphatic carboxylic acids is 1. The maximum absolute atomic E-state index is 12.6. The number of rotatable bonds is 7. The van der Waals surface area contributed by atoms with Crippen molar-refractivity contribution in [2.75, 3.05) is 5.32 Å². The number of nitrogens with zero attached hydrogens (tertiary/aromatic N) is 2. The fraction of sp³-hybridized carbons (Fsp3) is 0.500. The molecule has 1 aliphatic heterocycles. The summed E-state index contributed by atoms with van der Waals surface area (Å²) in [6.45, 7) is 12.0. The number of aromatic nitrogens is 2. The van der Waals surface area contributed by atoms with Crippen molar-refractivity contribution in [1.82, 2.24) is 9.55 Å². The molecule has 2 aromatic carbocycles. The van der Waals surface area contributed by atoms with E-state index in [1.165, 1.54) is 24.3 Å². The Morgan fingerprint density at radius 3 is 2.26 bits per heavy atom. The maximum Gasteiger partial charge on any atom is 0.573 e. The van der Waals surface area contributed by atoms with Crippen molar-refractivity contribution < 1.29 is 32.5 Å². The first-order chi connectivity index (χ1) is 17.4. The molecule has 3 aromatic rings. The molecule has 0 bridgehead atoms. The number of halogens is 3. The lowest BCUT2D eigenvalue weighted by Gasteiger charge is -2.46. The highest BCUT2D eigenvalue weighted by Crippen LogP contribution is 2.44. The van der Waals surface area contributed by atoms with Gasteiger partial charge in [-0.05, 0) is 82.5 Å². The number of imidazole rings is 1. The van der Waals surface area contributed by atoms with E-state index in [4.69, 9.17) is 9.72 Å². The molecular formula is C28H34F3N3O4. The molecule has 10 heteroatoms. The molecule has 0 spiro atoms. The predicted molar refractivity (Wildman–Crippen MR) is 139 cm³/mol. The standard InChI is InChI=1S/C28H34F3N3O4/c1-25(2,16-23(35)36)17-7-12-22-21(13-17)33-24(32-18-8-10-20(11-9-18)37-28(29,30)31)34(22)19-14-26(3,4)38-27(5,6)15-19/h7-13,19H,14-16H2,1-6H3,(H,32,33)(H,35,36). The fourth-order valence-electron chi connectivity index (χ4n) is 5.55. The van der Waals surface area contributed by atoms with Crippen LogP contribution in [0.1, 0.15) is 72.4 Å². The summed E-state index contributed by atoms with van der Waals surface area (Å²) in [6, 6.07) is 11.3. The van der Waals surface area contributed by atoms with E-state index in [2.05, 4.69) is 42.3 Å². The first-order valence-corrected chi connectivity index (χ1v) is 12.5. The molecule has 1 aliphatic rings. The lowest BCUT2D eigenvalue weighted by Crippen LogP contribution is -2.45. The highest BCUT2D eigenvalue weighted by Gasteiger charge is 2.41. The summed E-state index contributed by atoms with van der Waals surface area (Å²) in [5.41, 5.74) is 1.59. The number of carboxylic acid groups (broad SMARTS) is 1. The van der Waals surface area contributed by atoms with E-state index in [0.717, 1.165) is 23.9 Å². The van der Waals surface area contributed by atoms with Gasteiger partial charge in [0.05, 0.1) is 28.7 Å². The summed E-state index contributed by atoms with van der Waals surface area (Å²) in [6.07, 6.45) is -3.35. The summed E-state index contributed by atoms with van der Waals surface area (Å²) in [5, 5.41) is 12.6. The lowest BCUT2D eigenvalue weighted by atomic mass is 9.81. The molecule has 4 rings (SSSR count). The molecule has 1 aromatic heterocycles. The molecule has 0 radical (unpaired) electrons. The van der Waals surface area contributed by atoms with E-state index >= 15 is 0 Å². The summed E-state index contributed by atoms with van der Waals surface area (Å²) >= 11 is 0. The van der Waals surface area contributed by atoms with Crippen LogP contribution in [0.15, 0.2) is 42.5 Å². The van der Waals surface area contributed by atoms with Gasteiger partial charge in [-0.2, -0.15) is 0 Å². The summed E-state index contributed by atoms with van der Waals surface area (Å²) in [7, 11) is 0. The summed E-state index contributed by atoms with van der Waals surface area (Å²) in [4.78, 5) is 16.3. The predicted octanol–water partition coefficient (Wildman–Crippen LogP) is 7.34. The van der Waals surface area contributed by atoms with E-state index in [0.29, 0.717) is 17.2 Å². The SMILES string of the molecule is CC1(C)CC(n2c(Nc3ccc(OC(F)(F)F)cc3)nc3cc(C(C)(C)CC(=O)O)ccc32)CC(C)(C)O1. The van der Waals surface area contributed by atoms with Crippen molar-refractivity contribution >= 4 is 28.6 Å². The Morgan fingerprint density at radius 2 is 1.71 bits per heavy atom. The number of alkyl halides is 3. The van der Waals surface area contributed by atoms with Crippen LogP contribution in [-0.2, 0) is 14.9 Å². The van der Waals surface area contributed by atoms with Crippen molar-refractivity contribution in [3.8, 4) is 5.75 Å². The Kier molecular flexibility index (Phi) is 6.93. The van der Waals surface area contributed by atoms with Crippen molar-refractivity contribution in [2.24, 2.45) is 0 Å². The van der Waals surface area contributed by atoms with Crippen LogP contribution < -0.4 is 10.1 Å². The number of hydrogen-bond donors (Lipinski definition) is 2. The average molecular weight is 534 g/mol. The third kappa shape index (κ3) is 6.40. The van der Waals surface area contributed by atoms with Gasteiger partial charge in [-0.25, -0.2) is 4.98 Å². The second kappa shape index (κ2) is 9.48. The van der Waals surface area contributed by atoms with Gasteiger partial charge in [-0.1, -0.05) is 19.9 Å². The molecule has 1 saturated heterocycles. The third-order valence-electron chi connectivity index (χ3n) is 6.78. The smallest absolute Gasteiger partial charge is 0.481 e. The number of hydrogen-bond acceptors (Lipinski definition) is 5. The van der Waals surface area contributed by atoms with Gasteiger partial charge in [0.1, 0.15) is 5.75 Å². The van der Waals surface area contributed by atoms with Crippen molar-refractivity contribution in [1.29, 1.82) is 0 Å². The Morgan fingerprint density at radius 1 is 1.11 bits per heavy atom. The van der Waals surface area contributed by atoms with Gasteiger partial charge in [-0.15, -0.1) is 13.2 Å². The zero-order chi connectivity index (χ0) is 28.1. The average Bonchev–Trinajstić information content (AvgIpc) is 3.08. The molecule has 0 amide bonds. The van der Waals surface area contributed by atoms with Gasteiger partial charge >= 0.3 is 12.3 Å². The number of benzene rings is 2. The minimum Gasteiger partial charge on any atom is -0.481 e. The van der Waals surface area contributed by atoms with E-state index in [1.807, 2.05) is 32.0 Å². The van der Waals surface area contributed by atoms with Crippen molar-refractivity contribution in [3.05, 3.63) is 48.0 Å². The van der Waals surface area contributed by atoms with Crippen LogP contribution in [0.4, 0.5) is 24.8 Å². The van der Waals surface area contributed by atoms with Gasteiger partial charge in [0.2, 0.25) is 5.95 Å². The largest absolute Gasteiger partial charge is 0.573 e. The normalized spacial score (nSPS) is 17.9. The minimum atomic E-state index is -4.77. The van der Waals surface area contributed by atoms with Crippen LogP contribution in [0.25, 0.3) is 11.0 Å². The molecule has 7 nitrogen and oxygen atoms in total. The van der Waals surface area contributed by atoms with Gasteiger partial charge in [0, 0.05) is 17.1 Å². The highest BCUT2D eigenvalue weighted by atomic mass is 19.4. The Hall–Kier alpha value is -3.27. The second-order valence-electron chi connectivity index (χ2n) is 11.8. The molecule has 0 saturated carbocycles. The lowest BCUT2D eigenvalue weighted by molar-refractivity contribution is -0.274. The van der Waals surface area contributed by atoms with Crippen molar-refractivity contribution in [3.63, 3.8) is 0 Å². The van der Waals surface area contributed by atoms with Crippen LogP contribution in [0, 0.1) is 0 Å². The van der Waals surface area contributed by atoms with E-state index < -0.39 is 17.7 Å². The number of carbonyl (C=O) groups is 1. The van der Waals surface area contributed by atoms with E-state index in [1.54, 1.807) is 0 Å². The van der Waals surface area contributed by atoms with Gasteiger partial charge in [-0.3, -0.25) is 4.79 Å². The number of ether oxygens (including phenoxy) is 2. The maximum atomic E-state index is 12.6. The van der Waals surface area contributed by atoms with E-state index in [9.17, 15) is 23.1 Å². The monoisotopic (exact) mass is 533 g/mol. The Bertz CT molecular complexity index is 1310. The number of fused-ring (bicyclic) bond motifs is 1.